The average molecular weight is 455 g/mol. The van der Waals surface area contributed by atoms with Crippen LogP contribution in [-0.2, 0) is 11.8 Å². The monoisotopic (exact) mass is 454 g/mol. The summed E-state index contributed by atoms with van der Waals surface area (Å²) in [5.41, 5.74) is 1.14. The number of thioether (sulfide) groups is 1. The van der Waals surface area contributed by atoms with Gasteiger partial charge in [0.05, 0.1) is 12.0 Å². The summed E-state index contributed by atoms with van der Waals surface area (Å²) in [5, 5.41) is 11.2. The van der Waals surface area contributed by atoms with Crippen molar-refractivity contribution in [2.45, 2.75) is 5.16 Å². The molecule has 0 saturated carbocycles. The molecule has 166 valence electrons. The Labute approximate surface area is 188 Å². The number of amides is 3. The van der Waals surface area contributed by atoms with E-state index in [1.54, 1.807) is 57.1 Å². The van der Waals surface area contributed by atoms with Crippen molar-refractivity contribution in [1.82, 2.24) is 24.6 Å². The Morgan fingerprint density at radius 1 is 1.03 bits per heavy atom. The van der Waals surface area contributed by atoms with E-state index < -0.39 is 0 Å². The Morgan fingerprint density at radius 2 is 1.72 bits per heavy atom. The minimum Gasteiger partial charge on any atom is -0.459 e. The fourth-order valence-corrected chi connectivity index (χ4v) is 3.97. The number of rotatable bonds is 6. The molecule has 1 fully saturated rings. The number of benzene rings is 1. The van der Waals surface area contributed by atoms with Crippen molar-refractivity contribution in [3.05, 3.63) is 60.3 Å². The van der Waals surface area contributed by atoms with Crippen LogP contribution in [0.15, 0.2) is 58.6 Å². The number of hydrogen-bond donors (Lipinski definition) is 1. The van der Waals surface area contributed by atoms with Crippen LogP contribution in [0.4, 0.5) is 5.69 Å². The number of aromatic nitrogens is 3. The van der Waals surface area contributed by atoms with Crippen molar-refractivity contribution in [3.8, 4) is 0 Å². The fourth-order valence-electron chi connectivity index (χ4n) is 3.28. The van der Waals surface area contributed by atoms with Crippen LogP contribution in [0.5, 0.6) is 0 Å². The Morgan fingerprint density at radius 3 is 2.31 bits per heavy atom. The molecule has 32 heavy (non-hydrogen) atoms. The summed E-state index contributed by atoms with van der Waals surface area (Å²) in [7, 11) is 1.81. The lowest BCUT2D eigenvalue weighted by Crippen LogP contribution is -2.50. The molecule has 3 amide bonds. The molecule has 0 bridgehead atoms. The maximum Gasteiger partial charge on any atom is 0.289 e. The molecule has 0 unspecified atom stereocenters. The summed E-state index contributed by atoms with van der Waals surface area (Å²) in [6.07, 6.45) is 3.04. The SMILES string of the molecule is Cn1cnnc1SCC(=O)Nc1ccc(C(=O)N2CCN(C(=O)c3ccco3)CC2)cc1. The van der Waals surface area contributed by atoms with Gasteiger partial charge in [-0.05, 0) is 36.4 Å². The summed E-state index contributed by atoms with van der Waals surface area (Å²) in [6, 6.07) is 10.1. The van der Waals surface area contributed by atoms with E-state index in [1.165, 1.54) is 18.0 Å². The van der Waals surface area contributed by atoms with E-state index in [-0.39, 0.29) is 23.5 Å². The molecule has 1 aliphatic heterocycles. The van der Waals surface area contributed by atoms with Gasteiger partial charge in [-0.2, -0.15) is 0 Å². The van der Waals surface area contributed by atoms with Crippen LogP contribution in [-0.4, -0.2) is 74.2 Å². The Bertz CT molecular complexity index is 1090. The van der Waals surface area contributed by atoms with Crippen LogP contribution in [0.2, 0.25) is 0 Å². The molecule has 0 aliphatic carbocycles. The molecular formula is C21H22N6O4S. The van der Waals surface area contributed by atoms with Crippen LogP contribution in [0.25, 0.3) is 0 Å². The fraction of sp³-hybridized carbons (Fsp3) is 0.286. The Hall–Kier alpha value is -3.60. The maximum atomic E-state index is 12.8. The minimum atomic E-state index is -0.172. The summed E-state index contributed by atoms with van der Waals surface area (Å²) in [4.78, 5) is 40.7. The highest BCUT2D eigenvalue weighted by atomic mass is 32.2. The van der Waals surface area contributed by atoms with Gasteiger partial charge < -0.3 is 24.1 Å². The number of nitrogens with zero attached hydrogens (tertiary/aromatic N) is 5. The van der Waals surface area contributed by atoms with Crippen LogP contribution >= 0.6 is 11.8 Å². The van der Waals surface area contributed by atoms with E-state index >= 15 is 0 Å². The van der Waals surface area contributed by atoms with Gasteiger partial charge in [0, 0.05) is 44.5 Å². The quantitative estimate of drug-likeness (QED) is 0.564. The van der Waals surface area contributed by atoms with Gasteiger partial charge in [0.25, 0.3) is 11.8 Å². The van der Waals surface area contributed by atoms with Crippen LogP contribution in [0.1, 0.15) is 20.9 Å². The second-order valence-electron chi connectivity index (χ2n) is 7.20. The first-order valence-corrected chi connectivity index (χ1v) is 11.0. The average Bonchev–Trinajstić information content (AvgIpc) is 3.49. The van der Waals surface area contributed by atoms with E-state index in [4.69, 9.17) is 4.42 Å². The van der Waals surface area contributed by atoms with Gasteiger partial charge in [-0.15, -0.1) is 10.2 Å². The third kappa shape index (κ3) is 4.99. The molecule has 0 atom stereocenters. The molecule has 1 saturated heterocycles. The van der Waals surface area contributed by atoms with E-state index in [0.29, 0.717) is 48.3 Å². The highest BCUT2D eigenvalue weighted by molar-refractivity contribution is 7.99. The third-order valence-electron chi connectivity index (χ3n) is 5.00. The van der Waals surface area contributed by atoms with Crippen molar-refractivity contribution in [2.24, 2.45) is 7.05 Å². The van der Waals surface area contributed by atoms with Gasteiger partial charge in [0.1, 0.15) is 6.33 Å². The maximum absolute atomic E-state index is 12.8. The molecular weight excluding hydrogens is 432 g/mol. The highest BCUT2D eigenvalue weighted by Gasteiger charge is 2.26. The standard InChI is InChI=1S/C21H22N6O4S/c1-25-14-22-24-21(25)32-13-18(28)23-16-6-4-15(5-7-16)19(29)26-8-10-27(11-9-26)20(30)17-3-2-12-31-17/h2-7,12,14H,8-11,13H2,1H3,(H,23,28). The number of nitrogens with one attached hydrogen (secondary N) is 1. The predicted octanol–water partition coefficient (Wildman–Crippen LogP) is 1.74. The van der Waals surface area contributed by atoms with Crippen molar-refractivity contribution in [3.63, 3.8) is 0 Å². The van der Waals surface area contributed by atoms with Crippen LogP contribution < -0.4 is 5.32 Å². The zero-order valence-electron chi connectivity index (χ0n) is 17.4. The molecule has 0 spiro atoms. The number of carbonyl (C=O) groups excluding carboxylic acids is 3. The third-order valence-corrected chi connectivity index (χ3v) is 6.04. The lowest BCUT2D eigenvalue weighted by atomic mass is 10.1. The largest absolute Gasteiger partial charge is 0.459 e. The normalized spacial score (nSPS) is 13.8. The lowest BCUT2D eigenvalue weighted by molar-refractivity contribution is -0.113. The van der Waals surface area contributed by atoms with Crippen molar-refractivity contribution in [1.29, 1.82) is 0 Å². The molecule has 1 aliphatic rings. The molecule has 0 radical (unpaired) electrons. The highest BCUT2D eigenvalue weighted by Crippen LogP contribution is 2.17. The van der Waals surface area contributed by atoms with E-state index in [1.807, 2.05) is 7.05 Å². The molecule has 4 rings (SSSR count). The number of aryl methyl sites for hydroxylation is 1. The topological polar surface area (TPSA) is 114 Å². The molecule has 1 N–H and O–H groups in total. The van der Waals surface area contributed by atoms with Crippen LogP contribution in [0.3, 0.4) is 0 Å². The molecule has 3 aromatic rings. The molecule has 10 nitrogen and oxygen atoms in total. The Balaban J connectivity index is 1.26. The second kappa shape index (κ2) is 9.69. The first kappa shape index (κ1) is 21.6. The van der Waals surface area contributed by atoms with Gasteiger partial charge in [-0.1, -0.05) is 11.8 Å². The van der Waals surface area contributed by atoms with Crippen LogP contribution in [0, 0.1) is 0 Å². The predicted molar refractivity (Wildman–Crippen MR) is 117 cm³/mol. The smallest absolute Gasteiger partial charge is 0.289 e. The van der Waals surface area contributed by atoms with Gasteiger partial charge in [0.15, 0.2) is 10.9 Å². The summed E-state index contributed by atoms with van der Waals surface area (Å²) >= 11 is 1.29. The van der Waals surface area contributed by atoms with Gasteiger partial charge in [0.2, 0.25) is 5.91 Å². The van der Waals surface area contributed by atoms with E-state index in [2.05, 4.69) is 15.5 Å². The number of furan rings is 1. The summed E-state index contributed by atoms with van der Waals surface area (Å²) < 4.78 is 6.90. The number of carbonyl (C=O) groups is 3. The first-order chi connectivity index (χ1) is 15.5. The number of hydrogen-bond acceptors (Lipinski definition) is 7. The summed E-state index contributed by atoms with van der Waals surface area (Å²) in [6.45, 7) is 1.79. The minimum absolute atomic E-state index is 0.106. The molecule has 11 heteroatoms. The van der Waals surface area contributed by atoms with Crippen molar-refractivity contribution < 1.29 is 18.8 Å². The Kier molecular flexibility index (Phi) is 6.55. The van der Waals surface area contributed by atoms with Crippen molar-refractivity contribution in [2.75, 3.05) is 37.2 Å². The zero-order valence-corrected chi connectivity index (χ0v) is 18.2. The van der Waals surface area contributed by atoms with E-state index in [9.17, 15) is 14.4 Å². The number of piperazine rings is 1. The zero-order chi connectivity index (χ0) is 22.5. The van der Waals surface area contributed by atoms with Gasteiger partial charge >= 0.3 is 0 Å². The molecule has 2 aromatic heterocycles. The lowest BCUT2D eigenvalue weighted by Gasteiger charge is -2.34. The van der Waals surface area contributed by atoms with E-state index in [0.717, 1.165) is 0 Å². The van der Waals surface area contributed by atoms with Crippen molar-refractivity contribution >= 4 is 35.2 Å². The van der Waals surface area contributed by atoms with Gasteiger partial charge in [-0.3, -0.25) is 14.4 Å². The second-order valence-corrected chi connectivity index (χ2v) is 8.14. The van der Waals surface area contributed by atoms with Gasteiger partial charge in [-0.25, -0.2) is 0 Å². The first-order valence-electron chi connectivity index (χ1n) is 10.00. The summed E-state index contributed by atoms with van der Waals surface area (Å²) in [5.74, 6) is 0.0611. The molecule has 3 heterocycles. The molecule has 1 aromatic carbocycles. The number of anilines is 1.